The number of nitrogens with one attached hydrogen (secondary N) is 2. The maximum Gasteiger partial charge on any atom is 0.289 e. The van der Waals surface area contributed by atoms with Gasteiger partial charge in [0, 0.05) is 24.3 Å². The highest BCUT2D eigenvalue weighted by Gasteiger charge is 2.27. The van der Waals surface area contributed by atoms with Crippen LogP contribution in [0.15, 0.2) is 47.1 Å². The molecule has 2 aromatic rings. The van der Waals surface area contributed by atoms with E-state index in [-0.39, 0.29) is 17.7 Å². The molecule has 0 bridgehead atoms. The summed E-state index contributed by atoms with van der Waals surface area (Å²) in [4.78, 5) is 41.2. The highest BCUT2D eigenvalue weighted by molar-refractivity contribution is 5.96. The van der Waals surface area contributed by atoms with Gasteiger partial charge in [0.05, 0.1) is 32.4 Å². The Kier molecular flexibility index (Phi) is 5.62. The van der Waals surface area contributed by atoms with Crippen molar-refractivity contribution < 1.29 is 23.7 Å². The van der Waals surface area contributed by atoms with Crippen molar-refractivity contribution in [2.45, 2.75) is 12.8 Å². The minimum atomic E-state index is -0.102. The minimum Gasteiger partial charge on any atom is -0.459 e. The monoisotopic (exact) mass is 397 g/mol. The van der Waals surface area contributed by atoms with Gasteiger partial charge in [0.2, 0.25) is 5.91 Å². The maximum absolute atomic E-state index is 12.4. The fraction of sp³-hybridized carbons (Fsp3) is 0.381. The van der Waals surface area contributed by atoms with E-state index in [1.54, 1.807) is 21.9 Å². The molecule has 8 heteroatoms. The van der Waals surface area contributed by atoms with E-state index < -0.39 is 0 Å². The van der Waals surface area contributed by atoms with Crippen LogP contribution in [0.3, 0.4) is 0 Å². The first-order valence-electron chi connectivity index (χ1n) is 9.97. The summed E-state index contributed by atoms with van der Waals surface area (Å²) < 4.78 is 5.17. The number of anilines is 2. The van der Waals surface area contributed by atoms with E-state index in [0.29, 0.717) is 31.8 Å². The third-order valence-electron chi connectivity index (χ3n) is 5.44. The lowest BCUT2D eigenvalue weighted by Gasteiger charge is -2.31. The molecule has 4 rings (SSSR count). The predicted octanol–water partition coefficient (Wildman–Crippen LogP) is 0.386. The van der Waals surface area contributed by atoms with E-state index in [2.05, 4.69) is 5.32 Å². The molecule has 29 heavy (non-hydrogen) atoms. The van der Waals surface area contributed by atoms with Gasteiger partial charge in [-0.2, -0.15) is 0 Å². The number of quaternary nitrogens is 1. The van der Waals surface area contributed by atoms with Crippen molar-refractivity contribution in [3.05, 3.63) is 48.4 Å². The van der Waals surface area contributed by atoms with Gasteiger partial charge in [-0.25, -0.2) is 0 Å². The molecule has 0 unspecified atom stereocenters. The summed E-state index contributed by atoms with van der Waals surface area (Å²) in [7, 11) is 0. The zero-order valence-electron chi connectivity index (χ0n) is 16.2. The van der Waals surface area contributed by atoms with Gasteiger partial charge in [-0.3, -0.25) is 14.4 Å². The quantitative estimate of drug-likeness (QED) is 0.764. The first-order valence-corrected chi connectivity index (χ1v) is 9.97. The van der Waals surface area contributed by atoms with E-state index in [1.165, 1.54) is 6.26 Å². The minimum absolute atomic E-state index is 0.0594. The second-order valence-electron chi connectivity index (χ2n) is 7.44. The fourth-order valence-corrected chi connectivity index (χ4v) is 3.84. The summed E-state index contributed by atoms with van der Waals surface area (Å²) in [6.07, 6.45) is 2.98. The molecule has 3 amide bonds. The molecule has 1 aromatic carbocycles. The molecule has 152 valence electrons. The third-order valence-corrected chi connectivity index (χ3v) is 5.44. The van der Waals surface area contributed by atoms with Crippen molar-refractivity contribution in [2.75, 3.05) is 49.5 Å². The Hall–Kier alpha value is -3.13. The Morgan fingerprint density at radius 3 is 2.45 bits per heavy atom. The Labute approximate surface area is 169 Å². The molecule has 2 aliphatic rings. The van der Waals surface area contributed by atoms with E-state index >= 15 is 0 Å². The molecule has 8 nitrogen and oxygen atoms in total. The zero-order chi connectivity index (χ0) is 20.2. The molecule has 0 spiro atoms. The van der Waals surface area contributed by atoms with E-state index in [1.807, 2.05) is 24.3 Å². The summed E-state index contributed by atoms with van der Waals surface area (Å²) in [6.45, 7) is 3.74. The standard InChI is InChI=1S/C21H24N4O4/c26-19(22-16-5-7-17(8-6-16)25-9-1-4-20(25)27)15-23-10-12-24(13-11-23)21(28)18-3-2-14-29-18/h2-3,5-8,14H,1,4,9-13,15H2,(H,22,26)/p+1. The average molecular weight is 397 g/mol. The zero-order valence-corrected chi connectivity index (χ0v) is 16.2. The van der Waals surface area contributed by atoms with E-state index in [4.69, 9.17) is 4.42 Å². The van der Waals surface area contributed by atoms with Gasteiger partial charge >= 0.3 is 0 Å². The third kappa shape index (κ3) is 4.48. The molecule has 2 fully saturated rings. The summed E-state index contributed by atoms with van der Waals surface area (Å²) in [5.74, 6) is 0.339. The second kappa shape index (κ2) is 8.48. The number of piperazine rings is 1. The summed E-state index contributed by atoms with van der Waals surface area (Å²) in [5, 5.41) is 2.92. The van der Waals surface area contributed by atoms with Crippen molar-refractivity contribution in [1.29, 1.82) is 0 Å². The molecule has 0 aliphatic carbocycles. The molecule has 2 N–H and O–H groups in total. The first-order chi connectivity index (χ1) is 14.1. The van der Waals surface area contributed by atoms with Crippen molar-refractivity contribution in [1.82, 2.24) is 4.90 Å². The van der Waals surface area contributed by atoms with Gasteiger partial charge in [0.15, 0.2) is 12.3 Å². The van der Waals surface area contributed by atoms with Crippen LogP contribution in [0.25, 0.3) is 0 Å². The molecule has 0 saturated carbocycles. The molecular formula is C21H25N4O4+. The molecular weight excluding hydrogens is 372 g/mol. The lowest BCUT2D eigenvalue weighted by molar-refractivity contribution is -0.895. The van der Waals surface area contributed by atoms with Crippen LogP contribution in [0.5, 0.6) is 0 Å². The number of carbonyl (C=O) groups excluding carboxylic acids is 3. The topological polar surface area (TPSA) is 87.3 Å². The normalized spacial score (nSPS) is 17.6. The molecule has 0 atom stereocenters. The van der Waals surface area contributed by atoms with E-state index in [0.717, 1.165) is 42.3 Å². The van der Waals surface area contributed by atoms with Crippen LogP contribution in [0, 0.1) is 0 Å². The maximum atomic E-state index is 12.4. The van der Waals surface area contributed by atoms with Crippen LogP contribution >= 0.6 is 0 Å². The van der Waals surface area contributed by atoms with Gasteiger partial charge in [-0.1, -0.05) is 0 Å². The number of nitrogens with zero attached hydrogens (tertiary/aromatic N) is 2. The summed E-state index contributed by atoms with van der Waals surface area (Å²) in [6, 6.07) is 10.8. The number of furan rings is 1. The highest BCUT2D eigenvalue weighted by Crippen LogP contribution is 2.22. The fourth-order valence-electron chi connectivity index (χ4n) is 3.84. The van der Waals surface area contributed by atoms with Crippen LogP contribution in [-0.2, 0) is 9.59 Å². The van der Waals surface area contributed by atoms with Crippen molar-refractivity contribution >= 4 is 29.1 Å². The molecule has 1 aromatic heterocycles. The number of hydrogen-bond donors (Lipinski definition) is 2. The van der Waals surface area contributed by atoms with Crippen molar-refractivity contribution in [3.63, 3.8) is 0 Å². The Morgan fingerprint density at radius 2 is 1.83 bits per heavy atom. The number of rotatable bonds is 5. The van der Waals surface area contributed by atoms with Crippen LogP contribution in [0.1, 0.15) is 23.4 Å². The van der Waals surface area contributed by atoms with E-state index in [9.17, 15) is 14.4 Å². The van der Waals surface area contributed by atoms with Crippen LogP contribution < -0.4 is 15.1 Å². The Balaban J connectivity index is 1.24. The number of benzene rings is 1. The number of carbonyl (C=O) groups is 3. The second-order valence-corrected chi connectivity index (χ2v) is 7.44. The predicted molar refractivity (Wildman–Crippen MR) is 107 cm³/mol. The van der Waals surface area contributed by atoms with Gasteiger partial charge in [-0.15, -0.1) is 0 Å². The van der Waals surface area contributed by atoms with Crippen LogP contribution in [0.4, 0.5) is 11.4 Å². The first kappa shape index (κ1) is 19.2. The van der Waals surface area contributed by atoms with Gasteiger partial charge < -0.3 is 24.4 Å². The summed E-state index contributed by atoms with van der Waals surface area (Å²) >= 11 is 0. The SMILES string of the molecule is O=C(C[NH+]1CCN(C(=O)c2ccco2)CC1)Nc1ccc(N2CCCC2=O)cc1. The molecule has 2 aliphatic heterocycles. The molecule has 0 radical (unpaired) electrons. The van der Waals surface area contributed by atoms with Crippen LogP contribution in [-0.4, -0.2) is 61.9 Å². The number of amides is 3. The highest BCUT2D eigenvalue weighted by atomic mass is 16.3. The van der Waals surface area contributed by atoms with Gasteiger partial charge in [0.1, 0.15) is 0 Å². The molecule has 2 saturated heterocycles. The van der Waals surface area contributed by atoms with Gasteiger partial charge in [0.25, 0.3) is 11.8 Å². The Morgan fingerprint density at radius 1 is 1.07 bits per heavy atom. The number of hydrogen-bond acceptors (Lipinski definition) is 4. The lowest BCUT2D eigenvalue weighted by Crippen LogP contribution is -3.15. The lowest BCUT2D eigenvalue weighted by atomic mass is 10.2. The average Bonchev–Trinajstić information content (AvgIpc) is 3.41. The molecule has 3 heterocycles. The van der Waals surface area contributed by atoms with Gasteiger partial charge in [-0.05, 0) is 42.8 Å². The largest absolute Gasteiger partial charge is 0.459 e. The van der Waals surface area contributed by atoms with Crippen molar-refractivity contribution in [2.24, 2.45) is 0 Å². The van der Waals surface area contributed by atoms with Crippen LogP contribution in [0.2, 0.25) is 0 Å². The smallest absolute Gasteiger partial charge is 0.289 e. The van der Waals surface area contributed by atoms with Crippen molar-refractivity contribution in [3.8, 4) is 0 Å². The Bertz CT molecular complexity index is 871. The summed E-state index contributed by atoms with van der Waals surface area (Å²) in [5.41, 5.74) is 1.59.